The molecule has 2 aliphatic rings. The summed E-state index contributed by atoms with van der Waals surface area (Å²) in [6.07, 6.45) is 3.15. The molecule has 31 heavy (non-hydrogen) atoms. The molecule has 2 aromatic carbocycles. The molecule has 0 unspecified atom stereocenters. The van der Waals surface area contributed by atoms with E-state index in [-0.39, 0.29) is 5.91 Å². The van der Waals surface area contributed by atoms with Gasteiger partial charge in [-0.3, -0.25) is 9.69 Å². The van der Waals surface area contributed by atoms with Crippen molar-refractivity contribution in [2.75, 3.05) is 37.6 Å². The summed E-state index contributed by atoms with van der Waals surface area (Å²) < 4.78 is 27.2. The van der Waals surface area contributed by atoms with Crippen LogP contribution in [0.2, 0.25) is 0 Å². The summed E-state index contributed by atoms with van der Waals surface area (Å²) in [5.74, 6) is -0.0265. The van der Waals surface area contributed by atoms with Gasteiger partial charge in [0.1, 0.15) is 0 Å². The maximum atomic E-state index is 13.3. The van der Waals surface area contributed by atoms with Gasteiger partial charge >= 0.3 is 0 Å². The Morgan fingerprint density at radius 3 is 2.45 bits per heavy atom. The standard InChI is InChI=1S/C24H31N3O3S/c1-3-26(4-2)31(29,30)22-10-11-23-20(17-22)12-15-27(23)24(28)21-9-7-8-19(16-21)18-25-13-5-6-14-25/h7-11,16-17H,3-6,12-15,18H2,1-2H3. The van der Waals surface area contributed by atoms with E-state index in [0.717, 1.165) is 36.4 Å². The Bertz CT molecular complexity index is 1060. The number of nitrogens with zero attached hydrogens (tertiary/aromatic N) is 3. The predicted octanol–water partition coefficient (Wildman–Crippen LogP) is 3.52. The van der Waals surface area contributed by atoms with Crippen LogP contribution in [0.4, 0.5) is 5.69 Å². The number of sulfonamides is 1. The molecule has 0 aromatic heterocycles. The molecule has 166 valence electrons. The number of anilines is 1. The topological polar surface area (TPSA) is 60.9 Å². The number of fused-ring (bicyclic) bond motifs is 1. The Morgan fingerprint density at radius 1 is 1.00 bits per heavy atom. The number of hydrogen-bond donors (Lipinski definition) is 0. The van der Waals surface area contributed by atoms with Crippen molar-refractivity contribution in [3.63, 3.8) is 0 Å². The Morgan fingerprint density at radius 2 is 1.74 bits per heavy atom. The zero-order valence-electron chi connectivity index (χ0n) is 18.4. The molecular weight excluding hydrogens is 410 g/mol. The first-order valence-electron chi connectivity index (χ1n) is 11.2. The van der Waals surface area contributed by atoms with Crippen molar-refractivity contribution in [1.29, 1.82) is 0 Å². The first-order valence-corrected chi connectivity index (χ1v) is 12.6. The zero-order valence-corrected chi connectivity index (χ0v) is 19.2. The van der Waals surface area contributed by atoms with Gasteiger partial charge in [-0.15, -0.1) is 0 Å². The maximum Gasteiger partial charge on any atom is 0.258 e. The highest BCUT2D eigenvalue weighted by Crippen LogP contribution is 2.32. The van der Waals surface area contributed by atoms with Crippen LogP contribution >= 0.6 is 0 Å². The van der Waals surface area contributed by atoms with E-state index in [1.807, 2.05) is 32.0 Å². The molecule has 2 aliphatic heterocycles. The van der Waals surface area contributed by atoms with Gasteiger partial charge in [0.2, 0.25) is 10.0 Å². The fraction of sp³-hybridized carbons (Fsp3) is 0.458. The summed E-state index contributed by atoms with van der Waals surface area (Å²) in [4.78, 5) is 17.8. The highest BCUT2D eigenvalue weighted by atomic mass is 32.2. The van der Waals surface area contributed by atoms with Crippen molar-refractivity contribution >= 4 is 21.6 Å². The van der Waals surface area contributed by atoms with E-state index < -0.39 is 10.0 Å². The summed E-state index contributed by atoms with van der Waals surface area (Å²) in [6, 6.07) is 13.0. The first kappa shape index (κ1) is 22.0. The highest BCUT2D eigenvalue weighted by molar-refractivity contribution is 7.89. The van der Waals surface area contributed by atoms with Crippen LogP contribution in [0.1, 0.15) is 48.2 Å². The predicted molar refractivity (Wildman–Crippen MR) is 123 cm³/mol. The van der Waals surface area contributed by atoms with Gasteiger partial charge in [0.25, 0.3) is 5.91 Å². The van der Waals surface area contributed by atoms with Crippen LogP contribution in [-0.4, -0.2) is 56.3 Å². The van der Waals surface area contributed by atoms with E-state index in [9.17, 15) is 13.2 Å². The zero-order chi connectivity index (χ0) is 22.0. The van der Waals surface area contributed by atoms with Gasteiger partial charge in [-0.05, 0) is 73.8 Å². The van der Waals surface area contributed by atoms with Crippen LogP contribution < -0.4 is 4.90 Å². The van der Waals surface area contributed by atoms with Crippen LogP contribution in [-0.2, 0) is 23.0 Å². The lowest BCUT2D eigenvalue weighted by molar-refractivity contribution is 0.0989. The Kier molecular flexibility index (Phi) is 6.46. The molecule has 2 heterocycles. The SMILES string of the molecule is CCN(CC)S(=O)(=O)c1ccc2c(c1)CCN2C(=O)c1cccc(CN2CCCC2)c1. The highest BCUT2D eigenvalue weighted by Gasteiger charge is 2.29. The number of hydrogen-bond acceptors (Lipinski definition) is 4. The third kappa shape index (κ3) is 4.40. The molecule has 0 spiro atoms. The fourth-order valence-corrected chi connectivity index (χ4v) is 6.13. The Hall–Kier alpha value is -2.22. The maximum absolute atomic E-state index is 13.3. The van der Waals surface area contributed by atoms with Crippen LogP contribution in [0, 0.1) is 0 Å². The molecule has 7 heteroatoms. The van der Waals surface area contributed by atoms with Gasteiger partial charge in [0, 0.05) is 37.4 Å². The molecule has 0 bridgehead atoms. The number of benzene rings is 2. The van der Waals surface area contributed by atoms with E-state index in [1.54, 1.807) is 23.1 Å². The molecule has 0 aliphatic carbocycles. The average Bonchev–Trinajstić information content (AvgIpc) is 3.43. The summed E-state index contributed by atoms with van der Waals surface area (Å²) in [6.45, 7) is 8.25. The van der Waals surface area contributed by atoms with Crippen molar-refractivity contribution in [2.24, 2.45) is 0 Å². The molecule has 4 rings (SSSR count). The van der Waals surface area contributed by atoms with Crippen molar-refractivity contribution in [3.05, 3.63) is 59.2 Å². The van der Waals surface area contributed by atoms with E-state index in [0.29, 0.717) is 36.5 Å². The molecule has 2 aromatic rings. The summed E-state index contributed by atoms with van der Waals surface area (Å²) in [7, 11) is -3.50. The number of likely N-dealkylation sites (tertiary alicyclic amines) is 1. The van der Waals surface area contributed by atoms with Gasteiger partial charge in [0.15, 0.2) is 0 Å². The minimum absolute atomic E-state index is 0.0265. The van der Waals surface area contributed by atoms with E-state index in [4.69, 9.17) is 0 Å². The molecule has 1 amide bonds. The molecule has 0 N–H and O–H groups in total. The van der Waals surface area contributed by atoms with Crippen LogP contribution in [0.3, 0.4) is 0 Å². The minimum atomic E-state index is -3.50. The normalized spacial score (nSPS) is 16.8. The number of carbonyl (C=O) groups is 1. The van der Waals surface area contributed by atoms with E-state index in [2.05, 4.69) is 11.0 Å². The lowest BCUT2D eigenvalue weighted by atomic mass is 10.1. The molecule has 0 saturated carbocycles. The average molecular weight is 442 g/mol. The Labute approximate surface area is 185 Å². The second-order valence-corrected chi connectivity index (χ2v) is 10.2. The van der Waals surface area contributed by atoms with Gasteiger partial charge in [0.05, 0.1) is 4.90 Å². The summed E-state index contributed by atoms with van der Waals surface area (Å²) in [5.41, 5.74) is 3.57. The third-order valence-electron chi connectivity index (χ3n) is 6.31. The molecule has 0 atom stereocenters. The van der Waals surface area contributed by atoms with Crippen molar-refractivity contribution in [2.45, 2.75) is 44.6 Å². The second-order valence-electron chi connectivity index (χ2n) is 8.27. The lowest BCUT2D eigenvalue weighted by Crippen LogP contribution is -2.31. The number of amides is 1. The number of rotatable bonds is 7. The van der Waals surface area contributed by atoms with Crippen molar-refractivity contribution in [1.82, 2.24) is 9.21 Å². The van der Waals surface area contributed by atoms with Gasteiger partial charge in [-0.1, -0.05) is 26.0 Å². The third-order valence-corrected chi connectivity index (χ3v) is 8.36. The van der Waals surface area contributed by atoms with Crippen molar-refractivity contribution in [3.8, 4) is 0 Å². The first-order chi connectivity index (χ1) is 14.9. The largest absolute Gasteiger partial charge is 0.308 e. The summed E-state index contributed by atoms with van der Waals surface area (Å²) >= 11 is 0. The van der Waals surface area contributed by atoms with Crippen LogP contribution in [0.25, 0.3) is 0 Å². The summed E-state index contributed by atoms with van der Waals surface area (Å²) in [5, 5.41) is 0. The van der Waals surface area contributed by atoms with Gasteiger partial charge in [-0.2, -0.15) is 4.31 Å². The van der Waals surface area contributed by atoms with Gasteiger partial charge < -0.3 is 4.90 Å². The van der Waals surface area contributed by atoms with E-state index in [1.165, 1.54) is 17.1 Å². The quantitative estimate of drug-likeness (QED) is 0.660. The second kappa shape index (κ2) is 9.10. The smallest absolute Gasteiger partial charge is 0.258 e. The molecular formula is C24H31N3O3S. The molecule has 6 nitrogen and oxygen atoms in total. The van der Waals surface area contributed by atoms with Gasteiger partial charge in [-0.25, -0.2) is 8.42 Å². The minimum Gasteiger partial charge on any atom is -0.308 e. The molecule has 0 radical (unpaired) electrons. The Balaban J connectivity index is 1.55. The van der Waals surface area contributed by atoms with Crippen LogP contribution in [0.5, 0.6) is 0 Å². The number of carbonyl (C=O) groups excluding carboxylic acids is 1. The lowest BCUT2D eigenvalue weighted by Gasteiger charge is -2.21. The molecule has 1 saturated heterocycles. The monoisotopic (exact) mass is 441 g/mol. The fourth-order valence-electron chi connectivity index (χ4n) is 4.62. The van der Waals surface area contributed by atoms with E-state index >= 15 is 0 Å². The van der Waals surface area contributed by atoms with Crippen molar-refractivity contribution < 1.29 is 13.2 Å². The van der Waals surface area contributed by atoms with Crippen LogP contribution in [0.15, 0.2) is 47.4 Å². The molecule has 1 fully saturated rings.